The molecule has 24 heavy (non-hydrogen) atoms. The largest absolute Gasteiger partial charge is 0.355 e. The van der Waals surface area contributed by atoms with E-state index < -0.39 is 10.8 Å². The van der Waals surface area contributed by atoms with E-state index in [-0.39, 0.29) is 0 Å². The van der Waals surface area contributed by atoms with Gasteiger partial charge < -0.3 is 10.6 Å². The number of guanidine groups is 1. The Hall–Kier alpha value is -0.620. The Morgan fingerprint density at radius 3 is 2.62 bits per heavy atom. The van der Waals surface area contributed by atoms with Crippen molar-refractivity contribution < 1.29 is 4.21 Å². The summed E-state index contributed by atoms with van der Waals surface area (Å²) in [6.45, 7) is 7.72. The molecule has 0 aromatic rings. The van der Waals surface area contributed by atoms with Crippen LogP contribution in [0.25, 0.3) is 0 Å². The second-order valence-electron chi connectivity index (χ2n) is 7.06. The number of hydrogen-bond acceptors (Lipinski definition) is 3. The van der Waals surface area contributed by atoms with Crippen LogP contribution in [0.4, 0.5) is 0 Å². The highest BCUT2D eigenvalue weighted by Gasteiger charge is 2.26. The highest BCUT2D eigenvalue weighted by molar-refractivity contribution is 7.85. The van der Waals surface area contributed by atoms with Crippen molar-refractivity contribution in [3.63, 3.8) is 0 Å². The number of rotatable bonds is 7. The van der Waals surface area contributed by atoms with E-state index in [2.05, 4.69) is 27.4 Å². The van der Waals surface area contributed by atoms with Crippen LogP contribution in [0.1, 0.15) is 58.8 Å². The first kappa shape index (κ1) is 19.7. The van der Waals surface area contributed by atoms with Gasteiger partial charge in [0.1, 0.15) is 0 Å². The van der Waals surface area contributed by atoms with Gasteiger partial charge >= 0.3 is 0 Å². The lowest BCUT2D eigenvalue weighted by molar-refractivity contribution is 0.236. The van der Waals surface area contributed by atoms with Gasteiger partial charge in [0.05, 0.1) is 0 Å². The van der Waals surface area contributed by atoms with Crippen LogP contribution in [0.3, 0.4) is 0 Å². The second-order valence-corrected chi connectivity index (χ2v) is 9.06. The standard InChI is InChI=1S/C18H36N4OS/c1-4-16(22-11-6-7-12-22)14-20-18(19-3)21-15-9-8-10-17(13-15)24(23)5-2/h15-17H,4-14H2,1-3H3,(H2,19,20,21). The molecule has 1 heterocycles. The first-order valence-corrected chi connectivity index (χ1v) is 11.1. The Morgan fingerprint density at radius 2 is 2.00 bits per heavy atom. The molecule has 0 aromatic carbocycles. The van der Waals surface area contributed by atoms with Gasteiger partial charge in [-0.25, -0.2) is 0 Å². The van der Waals surface area contributed by atoms with Crippen LogP contribution in [-0.4, -0.2) is 64.8 Å². The molecule has 2 aliphatic rings. The van der Waals surface area contributed by atoms with Crippen LogP contribution < -0.4 is 10.6 Å². The molecule has 2 N–H and O–H groups in total. The van der Waals surface area contributed by atoms with E-state index in [0.717, 1.165) is 43.9 Å². The predicted octanol–water partition coefficient (Wildman–Crippen LogP) is 2.11. The Balaban J connectivity index is 1.79. The van der Waals surface area contributed by atoms with Crippen LogP contribution in [-0.2, 0) is 10.8 Å². The molecule has 5 nitrogen and oxygen atoms in total. The minimum absolute atomic E-state index is 0.354. The van der Waals surface area contributed by atoms with Gasteiger partial charge in [0, 0.05) is 47.5 Å². The molecule has 4 atom stereocenters. The molecule has 0 bridgehead atoms. The predicted molar refractivity (Wildman–Crippen MR) is 104 cm³/mol. The van der Waals surface area contributed by atoms with Crippen molar-refractivity contribution >= 4 is 16.8 Å². The maximum atomic E-state index is 12.1. The summed E-state index contributed by atoms with van der Waals surface area (Å²) in [6, 6.07) is 0.995. The quantitative estimate of drug-likeness (QED) is 0.542. The molecule has 4 unspecified atom stereocenters. The Kier molecular flexibility index (Phi) is 8.53. The number of nitrogens with zero attached hydrogens (tertiary/aromatic N) is 2. The zero-order valence-electron chi connectivity index (χ0n) is 15.7. The van der Waals surface area contributed by atoms with Crippen molar-refractivity contribution in [2.45, 2.75) is 76.1 Å². The first-order chi connectivity index (χ1) is 11.7. The average Bonchev–Trinajstić information content (AvgIpc) is 3.15. The number of nitrogens with one attached hydrogen (secondary N) is 2. The smallest absolute Gasteiger partial charge is 0.191 e. The van der Waals surface area contributed by atoms with Crippen molar-refractivity contribution in [2.75, 3.05) is 32.4 Å². The van der Waals surface area contributed by atoms with E-state index in [1.807, 2.05) is 14.0 Å². The fourth-order valence-electron chi connectivity index (χ4n) is 3.99. The fraction of sp³-hybridized carbons (Fsp3) is 0.944. The summed E-state index contributed by atoms with van der Waals surface area (Å²) < 4.78 is 12.1. The van der Waals surface area contributed by atoms with E-state index in [4.69, 9.17) is 0 Å². The molecule has 6 heteroatoms. The first-order valence-electron chi connectivity index (χ1n) is 9.76. The zero-order valence-corrected chi connectivity index (χ0v) is 16.5. The summed E-state index contributed by atoms with van der Waals surface area (Å²) in [5, 5.41) is 7.45. The summed E-state index contributed by atoms with van der Waals surface area (Å²) in [5.74, 6) is 1.68. The van der Waals surface area contributed by atoms with Crippen molar-refractivity contribution in [1.29, 1.82) is 0 Å². The van der Waals surface area contributed by atoms with Crippen LogP contribution in [0.2, 0.25) is 0 Å². The van der Waals surface area contributed by atoms with E-state index >= 15 is 0 Å². The molecule has 2 fully saturated rings. The lowest BCUT2D eigenvalue weighted by atomic mass is 9.95. The number of aliphatic imine (C=N–C) groups is 1. The van der Waals surface area contributed by atoms with Gasteiger partial charge in [0.25, 0.3) is 0 Å². The normalized spacial score (nSPS) is 28.5. The van der Waals surface area contributed by atoms with Crippen molar-refractivity contribution in [3.05, 3.63) is 0 Å². The Labute approximate surface area is 150 Å². The van der Waals surface area contributed by atoms with Gasteiger partial charge in [0.15, 0.2) is 5.96 Å². The van der Waals surface area contributed by atoms with Gasteiger partial charge in [-0.1, -0.05) is 20.3 Å². The Morgan fingerprint density at radius 1 is 1.25 bits per heavy atom. The van der Waals surface area contributed by atoms with E-state index in [9.17, 15) is 4.21 Å². The molecule has 0 spiro atoms. The van der Waals surface area contributed by atoms with Gasteiger partial charge in [-0.2, -0.15) is 0 Å². The number of likely N-dealkylation sites (tertiary alicyclic amines) is 1. The van der Waals surface area contributed by atoms with E-state index in [1.165, 1.54) is 32.4 Å². The van der Waals surface area contributed by atoms with Crippen molar-refractivity contribution in [1.82, 2.24) is 15.5 Å². The average molecular weight is 357 g/mol. The lowest BCUT2D eigenvalue weighted by Gasteiger charge is -2.31. The molecule has 0 aromatic heterocycles. The van der Waals surface area contributed by atoms with Crippen LogP contribution in [0.5, 0.6) is 0 Å². The van der Waals surface area contributed by atoms with Gasteiger partial charge in [-0.05, 0) is 51.6 Å². The zero-order chi connectivity index (χ0) is 17.4. The third-order valence-electron chi connectivity index (χ3n) is 5.48. The Bertz CT molecular complexity index is 423. The monoisotopic (exact) mass is 356 g/mol. The highest BCUT2D eigenvalue weighted by Crippen LogP contribution is 2.23. The van der Waals surface area contributed by atoms with E-state index in [1.54, 1.807) is 0 Å². The minimum atomic E-state index is -0.672. The molecule has 1 aliphatic carbocycles. The molecular weight excluding hydrogens is 320 g/mol. The van der Waals surface area contributed by atoms with E-state index in [0.29, 0.717) is 17.3 Å². The molecule has 1 saturated carbocycles. The minimum Gasteiger partial charge on any atom is -0.355 e. The molecule has 2 rings (SSSR count). The lowest BCUT2D eigenvalue weighted by Crippen LogP contribution is -2.50. The summed E-state index contributed by atoms with van der Waals surface area (Å²) in [5.41, 5.74) is 0. The fourth-order valence-corrected chi connectivity index (χ4v) is 5.34. The molecule has 140 valence electrons. The molecule has 1 aliphatic heterocycles. The highest BCUT2D eigenvalue weighted by atomic mass is 32.2. The molecule has 1 saturated heterocycles. The van der Waals surface area contributed by atoms with Gasteiger partial charge in [0.2, 0.25) is 0 Å². The van der Waals surface area contributed by atoms with Gasteiger partial charge in [-0.3, -0.25) is 14.1 Å². The number of hydrogen-bond donors (Lipinski definition) is 2. The summed E-state index contributed by atoms with van der Waals surface area (Å²) in [7, 11) is 1.17. The van der Waals surface area contributed by atoms with Crippen LogP contribution in [0, 0.1) is 0 Å². The maximum Gasteiger partial charge on any atom is 0.191 e. The molecular formula is C18H36N4OS. The third-order valence-corrected chi connectivity index (χ3v) is 7.22. The van der Waals surface area contributed by atoms with Crippen molar-refractivity contribution in [2.24, 2.45) is 4.99 Å². The summed E-state index contributed by atoms with van der Waals surface area (Å²) in [6.07, 6.45) is 8.27. The molecule has 0 amide bonds. The van der Waals surface area contributed by atoms with Crippen LogP contribution in [0.15, 0.2) is 4.99 Å². The van der Waals surface area contributed by atoms with Crippen LogP contribution >= 0.6 is 0 Å². The summed E-state index contributed by atoms with van der Waals surface area (Å²) in [4.78, 5) is 7.00. The topological polar surface area (TPSA) is 56.7 Å². The second kappa shape index (κ2) is 10.4. The maximum absolute atomic E-state index is 12.1. The summed E-state index contributed by atoms with van der Waals surface area (Å²) >= 11 is 0. The molecule has 0 radical (unpaired) electrons. The third kappa shape index (κ3) is 5.73. The van der Waals surface area contributed by atoms with Crippen molar-refractivity contribution in [3.8, 4) is 0 Å². The van der Waals surface area contributed by atoms with Gasteiger partial charge in [-0.15, -0.1) is 0 Å². The SMILES string of the molecule is CCC(CNC(=NC)NC1CCCC(S(=O)CC)C1)N1CCCC1.